The Morgan fingerprint density at radius 2 is 1.85 bits per heavy atom. The van der Waals surface area contributed by atoms with E-state index in [0.717, 1.165) is 56.0 Å². The summed E-state index contributed by atoms with van der Waals surface area (Å²) in [6, 6.07) is 5.34. The molecule has 6 nitrogen and oxygen atoms in total. The predicted octanol–water partition coefficient (Wildman–Crippen LogP) is 4.81. The number of aromatic amines is 1. The number of alkyl halides is 3. The van der Waals surface area contributed by atoms with E-state index in [4.69, 9.17) is 0 Å². The first-order valence-corrected chi connectivity index (χ1v) is 11.7. The summed E-state index contributed by atoms with van der Waals surface area (Å²) in [4.78, 5) is 24.7. The number of rotatable bonds is 6. The number of carbonyl (C=O) groups excluding carboxylic acids is 1. The predicted molar refractivity (Wildman–Crippen MR) is 121 cm³/mol. The monoisotopic (exact) mass is 463 g/mol. The van der Waals surface area contributed by atoms with E-state index < -0.39 is 11.7 Å². The summed E-state index contributed by atoms with van der Waals surface area (Å²) in [6.45, 7) is 5.22. The zero-order valence-corrected chi connectivity index (χ0v) is 19.2. The van der Waals surface area contributed by atoms with Crippen molar-refractivity contribution in [3.05, 3.63) is 41.2 Å². The van der Waals surface area contributed by atoms with Crippen LogP contribution in [-0.4, -0.2) is 58.5 Å². The van der Waals surface area contributed by atoms with Gasteiger partial charge < -0.3 is 15.2 Å². The van der Waals surface area contributed by atoms with Gasteiger partial charge in [-0.1, -0.05) is 18.6 Å². The number of piperidine rings is 1. The quantitative estimate of drug-likeness (QED) is 0.646. The van der Waals surface area contributed by atoms with Crippen LogP contribution in [0, 0.1) is 12.8 Å². The van der Waals surface area contributed by atoms with E-state index in [0.29, 0.717) is 23.9 Å². The Kier molecular flexibility index (Phi) is 6.97. The molecule has 1 aromatic carbocycles. The molecule has 0 unspecified atom stereocenters. The molecule has 2 N–H and O–H groups in total. The number of aryl methyl sites for hydroxylation is 1. The Hall–Kier alpha value is -2.55. The molecule has 1 aliphatic heterocycles. The number of amides is 2. The summed E-state index contributed by atoms with van der Waals surface area (Å²) < 4.78 is 38.5. The van der Waals surface area contributed by atoms with Gasteiger partial charge in [0.2, 0.25) is 0 Å². The summed E-state index contributed by atoms with van der Waals surface area (Å²) in [5, 5.41) is 2.80. The molecule has 0 atom stereocenters. The minimum absolute atomic E-state index is 0.0182. The largest absolute Gasteiger partial charge is 0.416 e. The second-order valence-electron chi connectivity index (χ2n) is 9.24. The molecule has 2 amide bonds. The number of hydrogen-bond acceptors (Lipinski definition) is 3. The molecule has 2 fully saturated rings. The number of hydrogen-bond donors (Lipinski definition) is 2. The third kappa shape index (κ3) is 5.51. The molecular weight excluding hydrogens is 431 g/mol. The number of H-pyrrole nitrogens is 1. The Morgan fingerprint density at radius 1 is 1.18 bits per heavy atom. The maximum atomic E-state index is 12.8. The summed E-state index contributed by atoms with van der Waals surface area (Å²) >= 11 is 0. The number of likely N-dealkylation sites (tertiary alicyclic amines) is 1. The molecule has 1 saturated carbocycles. The van der Waals surface area contributed by atoms with Gasteiger partial charge in [-0.05, 0) is 50.7 Å². The number of carbonyl (C=O) groups is 1. The fourth-order valence-corrected chi connectivity index (χ4v) is 4.70. The first-order valence-electron chi connectivity index (χ1n) is 11.7. The lowest BCUT2D eigenvalue weighted by Crippen LogP contribution is -2.52. The fourth-order valence-electron chi connectivity index (χ4n) is 4.70. The highest BCUT2D eigenvalue weighted by Gasteiger charge is 2.32. The number of imidazole rings is 1. The van der Waals surface area contributed by atoms with Crippen molar-refractivity contribution in [3.63, 3.8) is 0 Å². The van der Waals surface area contributed by atoms with Gasteiger partial charge in [-0.15, -0.1) is 0 Å². The van der Waals surface area contributed by atoms with Crippen LogP contribution in [0.4, 0.5) is 18.0 Å². The molecule has 9 heteroatoms. The van der Waals surface area contributed by atoms with Gasteiger partial charge in [-0.3, -0.25) is 4.90 Å². The van der Waals surface area contributed by atoms with E-state index >= 15 is 0 Å². The number of nitrogens with zero attached hydrogens (tertiary/aromatic N) is 3. The minimum Gasteiger partial charge on any atom is -0.342 e. The number of urea groups is 1. The minimum atomic E-state index is -4.35. The SMILES string of the molecule is CNC(=O)N(CC1CCC1)C1CCN(Cc2nc(-c3ccc(C(F)(F)F)cc3)[nH]c2C)CC1. The van der Waals surface area contributed by atoms with Gasteiger partial charge in [0.1, 0.15) is 5.82 Å². The van der Waals surface area contributed by atoms with Crippen molar-refractivity contribution >= 4 is 6.03 Å². The van der Waals surface area contributed by atoms with Crippen molar-refractivity contribution in [2.45, 2.75) is 57.8 Å². The Morgan fingerprint density at radius 3 is 2.39 bits per heavy atom. The number of aromatic nitrogens is 2. The van der Waals surface area contributed by atoms with Crippen LogP contribution in [0.2, 0.25) is 0 Å². The van der Waals surface area contributed by atoms with Crippen LogP contribution in [0.15, 0.2) is 24.3 Å². The Balaban J connectivity index is 1.36. The van der Waals surface area contributed by atoms with E-state index in [1.807, 2.05) is 11.8 Å². The molecule has 33 heavy (non-hydrogen) atoms. The first kappa shape index (κ1) is 23.6. The second kappa shape index (κ2) is 9.75. The third-order valence-electron chi connectivity index (χ3n) is 7.00. The summed E-state index contributed by atoms with van der Waals surface area (Å²) in [7, 11) is 1.69. The smallest absolute Gasteiger partial charge is 0.342 e. The summed E-state index contributed by atoms with van der Waals surface area (Å²) in [5.74, 6) is 1.22. The molecule has 1 aromatic heterocycles. The van der Waals surface area contributed by atoms with E-state index in [-0.39, 0.29) is 12.1 Å². The van der Waals surface area contributed by atoms with Gasteiger partial charge in [-0.2, -0.15) is 13.2 Å². The van der Waals surface area contributed by atoms with E-state index in [9.17, 15) is 18.0 Å². The average Bonchev–Trinajstić information content (AvgIpc) is 3.13. The molecule has 4 rings (SSSR count). The van der Waals surface area contributed by atoms with Gasteiger partial charge in [0.15, 0.2) is 0 Å². The molecule has 2 aromatic rings. The number of halogens is 3. The highest BCUT2D eigenvalue weighted by molar-refractivity contribution is 5.74. The normalized spacial score (nSPS) is 18.2. The van der Waals surface area contributed by atoms with E-state index in [2.05, 4.69) is 20.2 Å². The van der Waals surface area contributed by atoms with Crippen molar-refractivity contribution < 1.29 is 18.0 Å². The molecule has 1 saturated heterocycles. The maximum Gasteiger partial charge on any atom is 0.416 e. The van der Waals surface area contributed by atoms with E-state index in [1.165, 1.54) is 31.4 Å². The maximum absolute atomic E-state index is 12.8. The number of nitrogens with one attached hydrogen (secondary N) is 2. The van der Waals surface area contributed by atoms with Gasteiger partial charge in [0.25, 0.3) is 0 Å². The van der Waals surface area contributed by atoms with Crippen LogP contribution in [0.1, 0.15) is 49.1 Å². The lowest BCUT2D eigenvalue weighted by Gasteiger charge is -2.41. The summed E-state index contributed by atoms with van der Waals surface area (Å²) in [6.07, 6.45) is 1.20. The lowest BCUT2D eigenvalue weighted by molar-refractivity contribution is -0.137. The Bertz CT molecular complexity index is 944. The Labute approximate surface area is 192 Å². The van der Waals surface area contributed by atoms with E-state index in [1.54, 1.807) is 7.05 Å². The average molecular weight is 464 g/mol. The standard InChI is InChI=1S/C24H32F3N5O/c1-16-21(30-22(29-16)18-6-8-19(9-7-18)24(25,26)27)15-31-12-10-20(11-13-31)32(23(33)28-2)14-17-4-3-5-17/h6-9,17,20H,3-5,10-15H2,1-2H3,(H,28,33)(H,29,30). The third-order valence-corrected chi connectivity index (χ3v) is 7.00. The highest BCUT2D eigenvalue weighted by Crippen LogP contribution is 2.31. The van der Waals surface area contributed by atoms with Crippen LogP contribution in [0.5, 0.6) is 0 Å². The van der Waals surface area contributed by atoms with Crippen molar-refractivity contribution in [2.24, 2.45) is 5.92 Å². The van der Waals surface area contributed by atoms with Crippen LogP contribution in [0.25, 0.3) is 11.4 Å². The zero-order chi connectivity index (χ0) is 23.6. The number of benzene rings is 1. The van der Waals surface area contributed by atoms with Crippen molar-refractivity contribution in [1.29, 1.82) is 0 Å². The second-order valence-corrected chi connectivity index (χ2v) is 9.24. The highest BCUT2D eigenvalue weighted by atomic mass is 19.4. The molecule has 0 spiro atoms. The van der Waals surface area contributed by atoms with Crippen molar-refractivity contribution in [3.8, 4) is 11.4 Å². The topological polar surface area (TPSA) is 64.3 Å². The van der Waals surface area contributed by atoms with Crippen molar-refractivity contribution in [1.82, 2.24) is 25.1 Å². The molecule has 0 radical (unpaired) electrons. The van der Waals surface area contributed by atoms with Crippen molar-refractivity contribution in [2.75, 3.05) is 26.7 Å². The molecule has 2 heterocycles. The fraction of sp³-hybridized carbons (Fsp3) is 0.583. The zero-order valence-electron chi connectivity index (χ0n) is 19.2. The lowest BCUT2D eigenvalue weighted by atomic mass is 9.84. The van der Waals surface area contributed by atoms with Crippen LogP contribution < -0.4 is 5.32 Å². The van der Waals surface area contributed by atoms with Crippen LogP contribution in [-0.2, 0) is 12.7 Å². The van der Waals surface area contributed by atoms with Crippen LogP contribution >= 0.6 is 0 Å². The molecule has 2 aliphatic rings. The first-order chi connectivity index (χ1) is 15.7. The summed E-state index contributed by atoms with van der Waals surface area (Å²) in [5.41, 5.74) is 1.79. The molecular formula is C24H32F3N5O. The van der Waals surface area contributed by atoms with Gasteiger partial charge in [0, 0.05) is 50.5 Å². The molecule has 180 valence electrons. The molecule has 0 bridgehead atoms. The molecule has 1 aliphatic carbocycles. The van der Waals surface area contributed by atoms with Gasteiger partial charge >= 0.3 is 12.2 Å². The van der Waals surface area contributed by atoms with Gasteiger partial charge in [-0.25, -0.2) is 9.78 Å². The van der Waals surface area contributed by atoms with Crippen LogP contribution in [0.3, 0.4) is 0 Å². The van der Waals surface area contributed by atoms with Gasteiger partial charge in [0.05, 0.1) is 11.3 Å².